The Kier molecular flexibility index (Phi) is 5.36. The Morgan fingerprint density at radius 1 is 1.18 bits per heavy atom. The zero-order chi connectivity index (χ0) is 19.7. The summed E-state index contributed by atoms with van der Waals surface area (Å²) < 4.78 is 0. The second-order valence-electron chi connectivity index (χ2n) is 8.47. The molecule has 1 aromatic heterocycles. The molecule has 2 aliphatic rings. The van der Waals surface area contributed by atoms with Crippen molar-refractivity contribution in [2.75, 3.05) is 32.1 Å². The number of anilines is 1. The van der Waals surface area contributed by atoms with Gasteiger partial charge in [0.05, 0.1) is 11.9 Å². The Morgan fingerprint density at radius 2 is 1.93 bits per heavy atom. The molecule has 1 aliphatic heterocycles. The van der Waals surface area contributed by atoms with Crippen LogP contribution in [-0.2, 0) is 4.79 Å². The normalized spacial score (nSPS) is 20.4. The van der Waals surface area contributed by atoms with E-state index in [1.54, 1.807) is 0 Å². The van der Waals surface area contributed by atoms with Gasteiger partial charge in [-0.05, 0) is 69.0 Å². The molecule has 1 saturated carbocycles. The van der Waals surface area contributed by atoms with Gasteiger partial charge in [-0.1, -0.05) is 24.3 Å². The number of nitrogens with zero attached hydrogens (tertiary/aromatic N) is 3. The first-order valence-corrected chi connectivity index (χ1v) is 10.2. The van der Waals surface area contributed by atoms with E-state index < -0.39 is 0 Å². The Bertz CT molecular complexity index is 829. The zero-order valence-electron chi connectivity index (χ0n) is 17.1. The third-order valence-electron chi connectivity index (χ3n) is 5.83. The van der Waals surface area contributed by atoms with Crippen molar-refractivity contribution in [2.45, 2.75) is 44.2 Å². The number of likely N-dealkylation sites (N-methyl/N-ethyl adjacent to an activating group) is 1. The summed E-state index contributed by atoms with van der Waals surface area (Å²) in [5, 5.41) is 3.28. The minimum absolute atomic E-state index is 0.0818. The molecule has 2 aromatic rings. The minimum atomic E-state index is -0.261. The van der Waals surface area contributed by atoms with E-state index >= 15 is 0 Å². The number of hydrogen-bond acceptors (Lipinski definition) is 4. The van der Waals surface area contributed by atoms with Crippen LogP contribution < -0.4 is 10.2 Å². The first-order chi connectivity index (χ1) is 13.5. The van der Waals surface area contributed by atoms with E-state index in [1.165, 1.54) is 18.4 Å². The third kappa shape index (κ3) is 4.20. The maximum atomic E-state index is 13.1. The van der Waals surface area contributed by atoms with Crippen molar-refractivity contribution < 1.29 is 4.79 Å². The Labute approximate surface area is 167 Å². The monoisotopic (exact) mass is 378 g/mol. The predicted molar refractivity (Wildman–Crippen MR) is 113 cm³/mol. The second-order valence-corrected chi connectivity index (χ2v) is 8.47. The molecule has 1 N–H and O–H groups in total. The third-order valence-corrected chi connectivity index (χ3v) is 5.83. The minimum Gasteiger partial charge on any atom is -0.368 e. The maximum absolute atomic E-state index is 13.1. The van der Waals surface area contributed by atoms with E-state index in [0.29, 0.717) is 0 Å². The second kappa shape index (κ2) is 7.92. The maximum Gasteiger partial charge on any atom is 0.242 e. The molecule has 1 aromatic carbocycles. The first kappa shape index (κ1) is 18.9. The highest BCUT2D eigenvalue weighted by molar-refractivity contribution is 5.83. The average molecular weight is 379 g/mol. The van der Waals surface area contributed by atoms with Crippen LogP contribution in [0, 0.1) is 6.92 Å². The first-order valence-electron chi connectivity index (χ1n) is 10.2. The molecular formula is C23H30N4O. The topological polar surface area (TPSA) is 48.5 Å². The quantitative estimate of drug-likeness (QED) is 0.838. The van der Waals surface area contributed by atoms with Crippen molar-refractivity contribution in [1.29, 1.82) is 0 Å². The number of benzene rings is 1. The van der Waals surface area contributed by atoms with Crippen molar-refractivity contribution in [3.63, 3.8) is 0 Å². The van der Waals surface area contributed by atoms with Crippen molar-refractivity contribution in [3.05, 3.63) is 59.4 Å². The van der Waals surface area contributed by atoms with Gasteiger partial charge >= 0.3 is 0 Å². The molecule has 0 radical (unpaired) electrons. The van der Waals surface area contributed by atoms with Gasteiger partial charge in [-0.2, -0.15) is 0 Å². The van der Waals surface area contributed by atoms with Crippen molar-refractivity contribution in [2.24, 2.45) is 0 Å². The smallest absolute Gasteiger partial charge is 0.242 e. The highest BCUT2D eigenvalue weighted by Gasteiger charge is 2.30. The van der Waals surface area contributed by atoms with E-state index in [4.69, 9.17) is 0 Å². The Morgan fingerprint density at radius 3 is 2.57 bits per heavy atom. The van der Waals surface area contributed by atoms with Crippen LogP contribution in [0.1, 0.15) is 47.9 Å². The Balaban J connectivity index is 1.40. The molecule has 1 aliphatic carbocycles. The molecule has 1 unspecified atom stereocenters. The van der Waals surface area contributed by atoms with Gasteiger partial charge in [0.25, 0.3) is 0 Å². The van der Waals surface area contributed by atoms with Gasteiger partial charge in [-0.25, -0.2) is 0 Å². The van der Waals surface area contributed by atoms with Gasteiger partial charge in [0.15, 0.2) is 0 Å². The van der Waals surface area contributed by atoms with Crippen LogP contribution in [0.5, 0.6) is 0 Å². The average Bonchev–Trinajstić information content (AvgIpc) is 3.41. The fraction of sp³-hybridized carbons (Fsp3) is 0.478. The summed E-state index contributed by atoms with van der Waals surface area (Å²) in [5.41, 5.74) is 4.76. The predicted octanol–water partition coefficient (Wildman–Crippen LogP) is 3.27. The molecule has 28 heavy (non-hydrogen) atoms. The van der Waals surface area contributed by atoms with Crippen LogP contribution in [-0.4, -0.2) is 49.0 Å². The number of carbonyl (C=O) groups excluding carboxylic acids is 1. The summed E-state index contributed by atoms with van der Waals surface area (Å²) in [7, 11) is 3.94. The summed E-state index contributed by atoms with van der Waals surface area (Å²) in [4.78, 5) is 21.7. The Hall–Kier alpha value is -2.40. The number of aryl methyl sites for hydroxylation is 1. The summed E-state index contributed by atoms with van der Waals surface area (Å²) >= 11 is 0. The number of amides is 1. The molecule has 1 amide bonds. The van der Waals surface area contributed by atoms with Crippen LogP contribution in [0.15, 0.2) is 42.7 Å². The van der Waals surface area contributed by atoms with Crippen LogP contribution >= 0.6 is 0 Å². The van der Waals surface area contributed by atoms with E-state index in [9.17, 15) is 4.79 Å². The molecule has 2 fully saturated rings. The standard InChI is InChI=1S/C23H30N4O/c1-16-12-21(14-24-13-16)27-11-10-20(15-27)25-23(28)22(26(2)3)19-8-6-18(7-9-19)17-4-5-17/h6-9,12-14,17,20,22H,4-5,10-11,15H2,1-3H3,(H,25,28)/t20-,22?/m1/s1. The number of rotatable bonds is 6. The van der Waals surface area contributed by atoms with Gasteiger partial charge in [0.1, 0.15) is 6.04 Å². The lowest BCUT2D eigenvalue weighted by molar-refractivity contribution is -0.126. The van der Waals surface area contributed by atoms with E-state index in [0.717, 1.165) is 42.2 Å². The number of nitrogens with one attached hydrogen (secondary N) is 1. The lowest BCUT2D eigenvalue weighted by atomic mass is 10.0. The lowest BCUT2D eigenvalue weighted by Crippen LogP contribution is -2.43. The highest BCUT2D eigenvalue weighted by Crippen LogP contribution is 2.40. The van der Waals surface area contributed by atoms with Crippen LogP contribution in [0.25, 0.3) is 0 Å². The van der Waals surface area contributed by atoms with E-state index in [-0.39, 0.29) is 18.0 Å². The molecule has 5 heteroatoms. The van der Waals surface area contributed by atoms with Gasteiger partial charge in [-0.15, -0.1) is 0 Å². The molecular weight excluding hydrogens is 348 g/mol. The van der Waals surface area contributed by atoms with Gasteiger partial charge in [-0.3, -0.25) is 14.7 Å². The summed E-state index contributed by atoms with van der Waals surface area (Å²) in [6.45, 7) is 3.83. The van der Waals surface area contributed by atoms with Crippen LogP contribution in [0.2, 0.25) is 0 Å². The van der Waals surface area contributed by atoms with Gasteiger partial charge < -0.3 is 10.2 Å². The lowest BCUT2D eigenvalue weighted by Gasteiger charge is -2.26. The molecule has 148 valence electrons. The summed E-state index contributed by atoms with van der Waals surface area (Å²) in [6, 6.07) is 10.7. The number of hydrogen-bond donors (Lipinski definition) is 1. The molecule has 4 rings (SSSR count). The van der Waals surface area contributed by atoms with E-state index in [1.807, 2.05) is 31.4 Å². The van der Waals surface area contributed by atoms with Crippen LogP contribution in [0.3, 0.4) is 0 Å². The molecule has 0 bridgehead atoms. The SMILES string of the molecule is Cc1cncc(N2CC[C@@H](NC(=O)C(c3ccc(C4CC4)cc3)N(C)C)C2)c1. The number of carbonyl (C=O) groups is 1. The number of aromatic nitrogens is 1. The van der Waals surface area contributed by atoms with E-state index in [2.05, 4.69) is 52.5 Å². The zero-order valence-corrected chi connectivity index (χ0v) is 17.1. The van der Waals surface area contributed by atoms with Gasteiger partial charge in [0.2, 0.25) is 5.91 Å². The summed E-state index contributed by atoms with van der Waals surface area (Å²) in [5.74, 6) is 0.819. The molecule has 2 atom stereocenters. The molecule has 2 heterocycles. The highest BCUT2D eigenvalue weighted by atomic mass is 16.2. The number of pyridine rings is 1. The van der Waals surface area contributed by atoms with Crippen molar-refractivity contribution in [3.8, 4) is 0 Å². The summed E-state index contributed by atoms with van der Waals surface area (Å²) in [6.07, 6.45) is 7.33. The fourth-order valence-electron chi connectivity index (χ4n) is 4.16. The van der Waals surface area contributed by atoms with Crippen molar-refractivity contribution in [1.82, 2.24) is 15.2 Å². The van der Waals surface area contributed by atoms with Crippen LogP contribution in [0.4, 0.5) is 5.69 Å². The van der Waals surface area contributed by atoms with Crippen molar-refractivity contribution >= 4 is 11.6 Å². The fourth-order valence-corrected chi connectivity index (χ4v) is 4.16. The molecule has 0 spiro atoms. The van der Waals surface area contributed by atoms with Gasteiger partial charge in [0, 0.05) is 25.3 Å². The molecule has 1 saturated heterocycles. The molecule has 5 nitrogen and oxygen atoms in total. The largest absolute Gasteiger partial charge is 0.368 e.